The van der Waals surface area contributed by atoms with Crippen molar-refractivity contribution in [1.29, 1.82) is 0 Å². The number of benzene rings is 1. The van der Waals surface area contributed by atoms with E-state index >= 15 is 0 Å². The maximum Gasteiger partial charge on any atom is 0.307 e. The van der Waals surface area contributed by atoms with Gasteiger partial charge in [-0.15, -0.1) is 0 Å². The molecule has 2 heteroatoms. The van der Waals surface area contributed by atoms with Crippen LogP contribution in [-0.2, 0) is 11.2 Å². The van der Waals surface area contributed by atoms with Crippen LogP contribution in [0.5, 0.6) is 0 Å². The number of hydrogen-bond acceptors (Lipinski definition) is 1. The van der Waals surface area contributed by atoms with E-state index in [1.807, 2.05) is 18.2 Å². The summed E-state index contributed by atoms with van der Waals surface area (Å²) in [7, 11) is 0. The minimum Gasteiger partial charge on any atom is -0.481 e. The van der Waals surface area contributed by atoms with Crippen LogP contribution < -0.4 is 0 Å². The van der Waals surface area contributed by atoms with Crippen molar-refractivity contribution in [3.8, 4) is 0 Å². The zero-order chi connectivity index (χ0) is 13.1. The van der Waals surface area contributed by atoms with Crippen molar-refractivity contribution in [2.24, 2.45) is 0 Å². The lowest BCUT2D eigenvalue weighted by molar-refractivity contribution is -0.136. The molecule has 0 atom stereocenters. The van der Waals surface area contributed by atoms with Gasteiger partial charge in [-0.2, -0.15) is 0 Å². The minimum absolute atomic E-state index is 0.112. The standard InChI is InChI=1S/C8H8O2.C8H16/c9-8(10)6-7-4-2-1-3-5-7;1-2-4-6-8-7-5-3-1/h1-5H,6H2,(H,9,10);1-8H2. The topological polar surface area (TPSA) is 37.3 Å². The molecule has 0 spiro atoms. The molecule has 1 aliphatic carbocycles. The average Bonchev–Trinajstić information content (AvgIpc) is 2.29. The van der Waals surface area contributed by atoms with Gasteiger partial charge in [-0.05, 0) is 5.56 Å². The summed E-state index contributed by atoms with van der Waals surface area (Å²) in [6, 6.07) is 9.13. The molecule has 1 fully saturated rings. The number of carboxylic acid groups (broad SMARTS) is 1. The molecule has 0 radical (unpaired) electrons. The predicted octanol–water partition coefficient (Wildman–Crippen LogP) is 4.43. The third-order valence-corrected chi connectivity index (χ3v) is 3.20. The van der Waals surface area contributed by atoms with E-state index in [9.17, 15) is 4.79 Å². The Hall–Kier alpha value is -1.31. The number of carboxylic acids is 1. The highest BCUT2D eigenvalue weighted by atomic mass is 16.4. The average molecular weight is 248 g/mol. The van der Waals surface area contributed by atoms with Crippen LogP contribution in [0.2, 0.25) is 0 Å². The molecule has 100 valence electrons. The van der Waals surface area contributed by atoms with Crippen LogP contribution in [0.4, 0.5) is 0 Å². The van der Waals surface area contributed by atoms with E-state index in [1.54, 1.807) is 12.1 Å². The SMILES string of the molecule is C1CCCCCCC1.O=C(O)Cc1ccccc1. The summed E-state index contributed by atoms with van der Waals surface area (Å²) in [5, 5.41) is 8.37. The second-order valence-electron chi connectivity index (χ2n) is 4.88. The molecule has 1 saturated carbocycles. The zero-order valence-corrected chi connectivity index (χ0v) is 11.1. The molecule has 2 nitrogen and oxygen atoms in total. The fraction of sp³-hybridized carbons (Fsp3) is 0.562. The Morgan fingerprint density at radius 2 is 1.22 bits per heavy atom. The first-order chi connectivity index (χ1) is 8.79. The number of aliphatic carboxylic acids is 1. The van der Waals surface area contributed by atoms with Gasteiger partial charge in [0.15, 0.2) is 0 Å². The lowest BCUT2D eigenvalue weighted by Crippen LogP contribution is -1.98. The van der Waals surface area contributed by atoms with Gasteiger partial charge in [0, 0.05) is 0 Å². The smallest absolute Gasteiger partial charge is 0.307 e. The van der Waals surface area contributed by atoms with Crippen molar-refractivity contribution in [3.05, 3.63) is 35.9 Å². The van der Waals surface area contributed by atoms with Crippen LogP contribution in [0, 0.1) is 0 Å². The molecule has 18 heavy (non-hydrogen) atoms. The molecular weight excluding hydrogens is 224 g/mol. The van der Waals surface area contributed by atoms with Crippen LogP contribution in [-0.4, -0.2) is 11.1 Å². The predicted molar refractivity (Wildman–Crippen MR) is 74.7 cm³/mol. The zero-order valence-electron chi connectivity index (χ0n) is 11.1. The van der Waals surface area contributed by atoms with Crippen molar-refractivity contribution in [2.45, 2.75) is 57.8 Å². The maximum absolute atomic E-state index is 10.2. The maximum atomic E-state index is 10.2. The summed E-state index contributed by atoms with van der Waals surface area (Å²) in [5.74, 6) is -0.786. The Kier molecular flexibility index (Phi) is 7.94. The number of hydrogen-bond donors (Lipinski definition) is 1. The first-order valence-electron chi connectivity index (χ1n) is 7.05. The van der Waals surface area contributed by atoms with Crippen molar-refractivity contribution < 1.29 is 9.90 Å². The van der Waals surface area contributed by atoms with Crippen molar-refractivity contribution in [2.75, 3.05) is 0 Å². The fourth-order valence-corrected chi connectivity index (χ4v) is 2.18. The molecule has 0 unspecified atom stereocenters. The highest BCUT2D eigenvalue weighted by Crippen LogP contribution is 2.15. The quantitative estimate of drug-likeness (QED) is 0.840. The molecule has 0 amide bonds. The molecule has 0 heterocycles. The van der Waals surface area contributed by atoms with Crippen LogP contribution >= 0.6 is 0 Å². The summed E-state index contributed by atoms with van der Waals surface area (Å²) in [6.45, 7) is 0. The minimum atomic E-state index is -0.786. The van der Waals surface area contributed by atoms with E-state index in [2.05, 4.69) is 0 Å². The van der Waals surface area contributed by atoms with Crippen LogP contribution in [0.15, 0.2) is 30.3 Å². The summed E-state index contributed by atoms with van der Waals surface area (Å²) in [6.07, 6.45) is 12.1. The third kappa shape index (κ3) is 7.88. The van der Waals surface area contributed by atoms with Crippen molar-refractivity contribution in [1.82, 2.24) is 0 Å². The van der Waals surface area contributed by atoms with E-state index in [0.717, 1.165) is 5.56 Å². The van der Waals surface area contributed by atoms with Gasteiger partial charge in [-0.3, -0.25) is 4.79 Å². The first-order valence-corrected chi connectivity index (χ1v) is 7.05. The lowest BCUT2D eigenvalue weighted by Gasteiger charge is -2.05. The molecule has 1 N–H and O–H groups in total. The summed E-state index contributed by atoms with van der Waals surface area (Å²) >= 11 is 0. The van der Waals surface area contributed by atoms with E-state index in [1.165, 1.54) is 51.4 Å². The Balaban J connectivity index is 0.000000184. The van der Waals surface area contributed by atoms with Gasteiger partial charge in [0.05, 0.1) is 6.42 Å². The highest BCUT2D eigenvalue weighted by molar-refractivity contribution is 5.70. The van der Waals surface area contributed by atoms with Gasteiger partial charge in [0.2, 0.25) is 0 Å². The molecule has 0 aliphatic heterocycles. The Morgan fingerprint density at radius 3 is 1.56 bits per heavy atom. The lowest BCUT2D eigenvalue weighted by atomic mass is 10.0. The summed E-state index contributed by atoms with van der Waals surface area (Å²) in [4.78, 5) is 10.2. The fourth-order valence-electron chi connectivity index (χ4n) is 2.18. The Morgan fingerprint density at radius 1 is 0.833 bits per heavy atom. The van der Waals surface area contributed by atoms with Crippen LogP contribution in [0.25, 0.3) is 0 Å². The van der Waals surface area contributed by atoms with Crippen LogP contribution in [0.3, 0.4) is 0 Å². The first kappa shape index (κ1) is 14.7. The van der Waals surface area contributed by atoms with E-state index in [0.29, 0.717) is 0 Å². The second-order valence-corrected chi connectivity index (χ2v) is 4.88. The van der Waals surface area contributed by atoms with Crippen molar-refractivity contribution >= 4 is 5.97 Å². The largest absolute Gasteiger partial charge is 0.481 e. The molecule has 1 aliphatic rings. The molecule has 1 aromatic rings. The molecule has 0 bridgehead atoms. The second kappa shape index (κ2) is 9.69. The van der Waals surface area contributed by atoms with Gasteiger partial charge >= 0.3 is 5.97 Å². The van der Waals surface area contributed by atoms with Gasteiger partial charge in [0.25, 0.3) is 0 Å². The van der Waals surface area contributed by atoms with Gasteiger partial charge < -0.3 is 5.11 Å². The molecule has 0 aromatic heterocycles. The van der Waals surface area contributed by atoms with E-state index in [-0.39, 0.29) is 6.42 Å². The summed E-state index contributed by atoms with van der Waals surface area (Å²) < 4.78 is 0. The molecule has 2 rings (SSSR count). The van der Waals surface area contributed by atoms with Gasteiger partial charge in [-0.1, -0.05) is 81.7 Å². The van der Waals surface area contributed by atoms with Gasteiger partial charge in [0.1, 0.15) is 0 Å². The third-order valence-electron chi connectivity index (χ3n) is 3.20. The molecule has 1 aromatic carbocycles. The van der Waals surface area contributed by atoms with Crippen molar-refractivity contribution in [3.63, 3.8) is 0 Å². The van der Waals surface area contributed by atoms with Gasteiger partial charge in [-0.25, -0.2) is 0 Å². The molecular formula is C16H24O2. The normalized spacial score (nSPS) is 15.8. The van der Waals surface area contributed by atoms with E-state index < -0.39 is 5.97 Å². The number of carbonyl (C=O) groups is 1. The highest BCUT2D eigenvalue weighted by Gasteiger charge is 1.96. The Bertz CT molecular complexity index is 295. The molecule has 0 saturated heterocycles. The number of rotatable bonds is 2. The summed E-state index contributed by atoms with van der Waals surface area (Å²) in [5.41, 5.74) is 0.843. The Labute approximate surface area is 110 Å². The monoisotopic (exact) mass is 248 g/mol. The van der Waals surface area contributed by atoms with E-state index in [4.69, 9.17) is 5.11 Å². The van der Waals surface area contributed by atoms with Crippen LogP contribution in [0.1, 0.15) is 56.9 Å².